The zero-order chi connectivity index (χ0) is 20.8. The van der Waals surface area contributed by atoms with E-state index in [4.69, 9.17) is 4.74 Å². The molecule has 8 nitrogen and oxygen atoms in total. The second kappa shape index (κ2) is 9.51. The Balaban J connectivity index is 1.26. The number of hydrogen-bond donors (Lipinski definition) is 3. The fraction of sp³-hybridized carbons (Fsp3) is 0.318. The molecule has 2 heterocycles. The number of H-pyrrole nitrogens is 1. The maximum absolute atomic E-state index is 12.4. The molecular weight excluding hydrogens is 380 g/mol. The predicted molar refractivity (Wildman–Crippen MR) is 115 cm³/mol. The lowest BCUT2D eigenvalue weighted by Gasteiger charge is -2.33. The summed E-state index contributed by atoms with van der Waals surface area (Å²) in [5.74, 6) is 1.35. The highest BCUT2D eigenvalue weighted by molar-refractivity contribution is 5.89. The minimum atomic E-state index is -0.262. The Hall–Kier alpha value is -3.23. The van der Waals surface area contributed by atoms with E-state index in [0.717, 1.165) is 31.0 Å². The first-order valence-corrected chi connectivity index (χ1v) is 10.1. The van der Waals surface area contributed by atoms with E-state index >= 15 is 0 Å². The summed E-state index contributed by atoms with van der Waals surface area (Å²) in [6.45, 7) is 5.54. The third-order valence-corrected chi connectivity index (χ3v) is 4.94. The van der Waals surface area contributed by atoms with Gasteiger partial charge in [0.2, 0.25) is 0 Å². The number of hydrogen-bond acceptors (Lipinski definition) is 5. The normalized spacial score (nSPS) is 16.9. The van der Waals surface area contributed by atoms with E-state index in [0.29, 0.717) is 24.7 Å². The van der Waals surface area contributed by atoms with Crippen LogP contribution in [0.15, 0.2) is 54.6 Å². The van der Waals surface area contributed by atoms with Crippen LogP contribution < -0.4 is 10.6 Å². The van der Waals surface area contributed by atoms with Gasteiger partial charge in [-0.15, -0.1) is 0 Å². The molecule has 156 valence electrons. The first-order valence-electron chi connectivity index (χ1n) is 10.1. The van der Waals surface area contributed by atoms with Gasteiger partial charge in [-0.05, 0) is 24.6 Å². The van der Waals surface area contributed by atoms with Gasteiger partial charge in [0.1, 0.15) is 5.82 Å². The molecule has 1 atom stereocenters. The maximum Gasteiger partial charge on any atom is 0.319 e. The van der Waals surface area contributed by atoms with Crippen molar-refractivity contribution in [3.63, 3.8) is 0 Å². The Kier molecular flexibility index (Phi) is 6.36. The SMILES string of the molecule is Cc1nc(-c2cccc(NC(=O)NCC3CN(Cc4ccccc4)CCO3)c2)n[nH]1. The summed E-state index contributed by atoms with van der Waals surface area (Å²) in [5.41, 5.74) is 2.80. The molecule has 1 aliphatic heterocycles. The molecule has 8 heteroatoms. The number of rotatable bonds is 6. The molecule has 0 radical (unpaired) electrons. The molecule has 0 aliphatic carbocycles. The first-order chi connectivity index (χ1) is 14.7. The molecule has 0 spiro atoms. The van der Waals surface area contributed by atoms with Crippen molar-refractivity contribution >= 4 is 11.7 Å². The number of benzene rings is 2. The maximum atomic E-state index is 12.4. The predicted octanol–water partition coefficient (Wildman–Crippen LogP) is 2.80. The van der Waals surface area contributed by atoms with Crippen molar-refractivity contribution in [1.82, 2.24) is 25.4 Å². The quantitative estimate of drug-likeness (QED) is 0.585. The van der Waals surface area contributed by atoms with E-state index in [2.05, 4.69) is 55.0 Å². The van der Waals surface area contributed by atoms with E-state index in [1.54, 1.807) is 0 Å². The van der Waals surface area contributed by atoms with Crippen molar-refractivity contribution in [3.05, 3.63) is 66.0 Å². The van der Waals surface area contributed by atoms with E-state index in [1.807, 2.05) is 37.3 Å². The van der Waals surface area contributed by atoms with Gasteiger partial charge in [-0.25, -0.2) is 9.78 Å². The van der Waals surface area contributed by atoms with Crippen LogP contribution in [0, 0.1) is 6.92 Å². The third-order valence-electron chi connectivity index (χ3n) is 4.94. The summed E-state index contributed by atoms with van der Waals surface area (Å²) < 4.78 is 5.82. The molecule has 30 heavy (non-hydrogen) atoms. The minimum Gasteiger partial charge on any atom is -0.374 e. The summed E-state index contributed by atoms with van der Waals surface area (Å²) in [5, 5.41) is 12.8. The van der Waals surface area contributed by atoms with Crippen LogP contribution in [0.5, 0.6) is 0 Å². The van der Waals surface area contributed by atoms with Crippen LogP contribution in [0.25, 0.3) is 11.4 Å². The van der Waals surface area contributed by atoms with E-state index < -0.39 is 0 Å². The molecule has 2 amide bonds. The minimum absolute atomic E-state index is 0.0317. The highest BCUT2D eigenvalue weighted by Gasteiger charge is 2.21. The number of nitrogens with zero attached hydrogens (tertiary/aromatic N) is 3. The fourth-order valence-electron chi connectivity index (χ4n) is 3.48. The molecule has 1 fully saturated rings. The monoisotopic (exact) mass is 406 g/mol. The molecule has 0 bridgehead atoms. The number of morpholine rings is 1. The molecule has 1 unspecified atom stereocenters. The number of amides is 2. The van der Waals surface area contributed by atoms with Crippen molar-refractivity contribution in [2.24, 2.45) is 0 Å². The van der Waals surface area contributed by atoms with Crippen molar-refractivity contribution in [2.75, 3.05) is 31.6 Å². The summed E-state index contributed by atoms with van der Waals surface area (Å²) in [7, 11) is 0. The summed E-state index contributed by atoms with van der Waals surface area (Å²) >= 11 is 0. The lowest BCUT2D eigenvalue weighted by molar-refractivity contribution is -0.0285. The average molecular weight is 406 g/mol. The molecule has 4 rings (SSSR count). The summed E-state index contributed by atoms with van der Waals surface area (Å²) in [6.07, 6.45) is -0.0317. The number of carbonyl (C=O) groups is 1. The third kappa shape index (κ3) is 5.43. The van der Waals surface area contributed by atoms with E-state index in [-0.39, 0.29) is 12.1 Å². The molecule has 1 aliphatic rings. The average Bonchev–Trinajstić information content (AvgIpc) is 3.20. The zero-order valence-electron chi connectivity index (χ0n) is 17.0. The fourth-order valence-corrected chi connectivity index (χ4v) is 3.48. The van der Waals surface area contributed by atoms with Crippen LogP contribution in [-0.2, 0) is 11.3 Å². The van der Waals surface area contributed by atoms with Crippen LogP contribution in [0.1, 0.15) is 11.4 Å². The first kappa shape index (κ1) is 20.1. The van der Waals surface area contributed by atoms with Crippen molar-refractivity contribution < 1.29 is 9.53 Å². The lowest BCUT2D eigenvalue weighted by Crippen LogP contribution is -2.47. The summed E-state index contributed by atoms with van der Waals surface area (Å²) in [6, 6.07) is 17.6. The second-order valence-corrected chi connectivity index (χ2v) is 7.37. The Morgan fingerprint density at radius 1 is 1.23 bits per heavy atom. The highest BCUT2D eigenvalue weighted by Crippen LogP contribution is 2.19. The van der Waals surface area contributed by atoms with Crippen LogP contribution in [-0.4, -0.2) is 58.5 Å². The number of aromatic amines is 1. The highest BCUT2D eigenvalue weighted by atomic mass is 16.5. The van der Waals surface area contributed by atoms with Crippen molar-refractivity contribution in [1.29, 1.82) is 0 Å². The Labute approximate surface area is 175 Å². The number of anilines is 1. The van der Waals surface area contributed by atoms with Gasteiger partial charge in [-0.2, -0.15) is 5.10 Å². The van der Waals surface area contributed by atoms with Gasteiger partial charge >= 0.3 is 6.03 Å². The largest absolute Gasteiger partial charge is 0.374 e. The van der Waals surface area contributed by atoms with Crippen molar-refractivity contribution in [2.45, 2.75) is 19.6 Å². The standard InChI is InChI=1S/C22H26N6O2/c1-16-24-21(27-26-16)18-8-5-9-19(12-18)25-22(29)23-13-20-15-28(10-11-30-20)14-17-6-3-2-4-7-17/h2-9,12,20H,10-11,13-15H2,1H3,(H2,23,25,29)(H,24,26,27). The Morgan fingerprint density at radius 2 is 2.10 bits per heavy atom. The van der Waals surface area contributed by atoms with Gasteiger partial charge in [0, 0.05) is 37.4 Å². The zero-order valence-corrected chi connectivity index (χ0v) is 17.0. The van der Waals surface area contributed by atoms with Gasteiger partial charge in [0.15, 0.2) is 5.82 Å². The summed E-state index contributed by atoms with van der Waals surface area (Å²) in [4.78, 5) is 19.0. The van der Waals surface area contributed by atoms with Crippen LogP contribution in [0.3, 0.4) is 0 Å². The van der Waals surface area contributed by atoms with Gasteiger partial charge in [0.05, 0.1) is 12.7 Å². The van der Waals surface area contributed by atoms with Crippen molar-refractivity contribution in [3.8, 4) is 11.4 Å². The van der Waals surface area contributed by atoms with Crippen LogP contribution >= 0.6 is 0 Å². The number of aromatic nitrogens is 3. The number of carbonyl (C=O) groups excluding carboxylic acids is 1. The number of nitrogens with one attached hydrogen (secondary N) is 3. The van der Waals surface area contributed by atoms with Gasteiger partial charge in [-0.3, -0.25) is 10.00 Å². The number of aryl methyl sites for hydroxylation is 1. The molecule has 1 saturated heterocycles. The van der Waals surface area contributed by atoms with E-state index in [9.17, 15) is 4.79 Å². The Bertz CT molecular complexity index is 975. The molecule has 0 saturated carbocycles. The number of ether oxygens (including phenoxy) is 1. The van der Waals surface area contributed by atoms with Gasteiger partial charge in [-0.1, -0.05) is 42.5 Å². The molecular formula is C22H26N6O2. The number of urea groups is 1. The van der Waals surface area contributed by atoms with Crippen LogP contribution in [0.4, 0.5) is 10.5 Å². The molecule has 3 N–H and O–H groups in total. The van der Waals surface area contributed by atoms with Gasteiger partial charge < -0.3 is 15.4 Å². The second-order valence-electron chi connectivity index (χ2n) is 7.37. The van der Waals surface area contributed by atoms with Crippen LogP contribution in [0.2, 0.25) is 0 Å². The molecule has 1 aromatic heterocycles. The molecule has 2 aromatic carbocycles. The molecule has 3 aromatic rings. The van der Waals surface area contributed by atoms with Gasteiger partial charge in [0.25, 0.3) is 0 Å². The topological polar surface area (TPSA) is 95.2 Å². The lowest BCUT2D eigenvalue weighted by atomic mass is 10.2. The smallest absolute Gasteiger partial charge is 0.319 e. The van der Waals surface area contributed by atoms with E-state index in [1.165, 1.54) is 5.56 Å². The Morgan fingerprint density at radius 3 is 2.90 bits per heavy atom.